The van der Waals surface area contributed by atoms with Crippen molar-refractivity contribution in [3.8, 4) is 0 Å². The molecule has 1 aromatic carbocycles. The molecule has 21 heavy (non-hydrogen) atoms. The van der Waals surface area contributed by atoms with Gasteiger partial charge in [-0.1, -0.05) is 25.1 Å². The van der Waals surface area contributed by atoms with Crippen LogP contribution in [0.25, 0.3) is 0 Å². The van der Waals surface area contributed by atoms with Crippen LogP contribution in [0, 0.1) is 0 Å². The molecule has 0 atom stereocenters. The second kappa shape index (κ2) is 5.59. The highest BCUT2D eigenvalue weighted by molar-refractivity contribution is 6.03. The summed E-state index contributed by atoms with van der Waals surface area (Å²) in [5, 5.41) is 6.20. The molecule has 0 bridgehead atoms. The zero-order chi connectivity index (χ0) is 15.6. The van der Waals surface area contributed by atoms with Gasteiger partial charge in [0.15, 0.2) is 5.69 Å². The van der Waals surface area contributed by atoms with Crippen LogP contribution in [0.5, 0.6) is 0 Å². The Hall–Kier alpha value is -2.31. The van der Waals surface area contributed by atoms with Crippen molar-refractivity contribution >= 4 is 11.6 Å². The summed E-state index contributed by atoms with van der Waals surface area (Å²) in [6.45, 7) is 1.92. The van der Waals surface area contributed by atoms with Crippen LogP contribution in [0.1, 0.15) is 28.7 Å². The average Bonchev–Trinajstić information content (AvgIpc) is 2.81. The molecule has 1 heterocycles. The summed E-state index contributed by atoms with van der Waals surface area (Å²) in [7, 11) is 1.15. The van der Waals surface area contributed by atoms with Gasteiger partial charge in [-0.15, -0.1) is 0 Å². The van der Waals surface area contributed by atoms with E-state index in [4.69, 9.17) is 0 Å². The molecule has 1 aromatic heterocycles. The molecular weight excluding hydrogens is 283 g/mol. The van der Waals surface area contributed by atoms with E-state index in [0.717, 1.165) is 18.7 Å². The largest absolute Gasteiger partial charge is 0.433 e. The van der Waals surface area contributed by atoms with E-state index in [-0.39, 0.29) is 5.69 Å². The minimum absolute atomic E-state index is 0.268. The van der Waals surface area contributed by atoms with Crippen molar-refractivity contribution in [2.75, 3.05) is 5.32 Å². The molecule has 0 radical (unpaired) electrons. The molecule has 0 unspecified atom stereocenters. The van der Waals surface area contributed by atoms with Crippen molar-refractivity contribution in [3.05, 3.63) is 47.3 Å². The minimum Gasteiger partial charge on any atom is -0.320 e. The molecule has 0 spiro atoms. The first kappa shape index (κ1) is 15.1. The van der Waals surface area contributed by atoms with Gasteiger partial charge < -0.3 is 5.32 Å². The Morgan fingerprint density at radius 2 is 2.00 bits per heavy atom. The Morgan fingerprint density at radius 3 is 2.57 bits per heavy atom. The number of alkyl halides is 3. The average molecular weight is 297 g/mol. The summed E-state index contributed by atoms with van der Waals surface area (Å²) in [6, 6.07) is 7.86. The third-order valence-electron chi connectivity index (χ3n) is 3.05. The number of nitrogens with one attached hydrogen (secondary N) is 1. The number of para-hydroxylation sites is 1. The summed E-state index contributed by atoms with van der Waals surface area (Å²) >= 11 is 0. The molecule has 0 aliphatic carbocycles. The van der Waals surface area contributed by atoms with E-state index in [1.807, 2.05) is 19.1 Å². The first-order valence-electron chi connectivity index (χ1n) is 6.33. The summed E-state index contributed by atoms with van der Waals surface area (Å²) in [4.78, 5) is 12.0. The number of carbonyl (C=O) groups excluding carboxylic acids is 1. The first-order chi connectivity index (χ1) is 9.82. The number of hydrogen-bond acceptors (Lipinski definition) is 2. The lowest BCUT2D eigenvalue weighted by atomic mass is 10.1. The fourth-order valence-corrected chi connectivity index (χ4v) is 1.98. The number of rotatable bonds is 3. The standard InChI is InChI=1S/C14H14F3N3O/c1-3-9-6-4-5-7-10(9)18-13(21)11-8-12(14(15,16)17)20(2)19-11/h4-8H,3H2,1-2H3,(H,18,21). The second-order valence-corrected chi connectivity index (χ2v) is 4.50. The third kappa shape index (κ3) is 3.24. The van der Waals surface area contributed by atoms with Crippen LogP contribution >= 0.6 is 0 Å². The molecule has 4 nitrogen and oxygen atoms in total. The second-order valence-electron chi connectivity index (χ2n) is 4.50. The number of carbonyl (C=O) groups is 1. The van der Waals surface area contributed by atoms with Crippen molar-refractivity contribution < 1.29 is 18.0 Å². The van der Waals surface area contributed by atoms with Crippen LogP contribution in [0.4, 0.5) is 18.9 Å². The van der Waals surface area contributed by atoms with E-state index in [0.29, 0.717) is 16.8 Å². The predicted molar refractivity (Wildman–Crippen MR) is 72.0 cm³/mol. The van der Waals surface area contributed by atoms with E-state index >= 15 is 0 Å². The lowest BCUT2D eigenvalue weighted by Gasteiger charge is -2.08. The summed E-state index contributed by atoms with van der Waals surface area (Å²) < 4.78 is 38.7. The lowest BCUT2D eigenvalue weighted by molar-refractivity contribution is -0.143. The van der Waals surface area contributed by atoms with Crippen LogP contribution < -0.4 is 5.32 Å². The van der Waals surface area contributed by atoms with Crippen LogP contribution in [0.3, 0.4) is 0 Å². The minimum atomic E-state index is -4.54. The summed E-state index contributed by atoms with van der Waals surface area (Å²) in [6.07, 6.45) is -3.84. The van der Waals surface area contributed by atoms with E-state index in [9.17, 15) is 18.0 Å². The molecule has 2 aromatic rings. The van der Waals surface area contributed by atoms with Crippen molar-refractivity contribution in [1.29, 1.82) is 0 Å². The highest BCUT2D eigenvalue weighted by Gasteiger charge is 2.35. The Labute approximate surface area is 119 Å². The van der Waals surface area contributed by atoms with E-state index in [1.165, 1.54) is 0 Å². The number of hydrogen-bond donors (Lipinski definition) is 1. The highest BCUT2D eigenvalue weighted by Crippen LogP contribution is 2.29. The monoisotopic (exact) mass is 297 g/mol. The molecule has 2 rings (SSSR count). The first-order valence-corrected chi connectivity index (χ1v) is 6.33. The van der Waals surface area contributed by atoms with Crippen LogP contribution in [-0.4, -0.2) is 15.7 Å². The fraction of sp³-hybridized carbons (Fsp3) is 0.286. The van der Waals surface area contributed by atoms with Crippen LogP contribution in [-0.2, 0) is 19.6 Å². The van der Waals surface area contributed by atoms with E-state index in [2.05, 4.69) is 10.4 Å². The van der Waals surface area contributed by atoms with Gasteiger partial charge in [-0.3, -0.25) is 9.48 Å². The van der Waals surface area contributed by atoms with Crippen LogP contribution in [0.2, 0.25) is 0 Å². The quantitative estimate of drug-likeness (QED) is 0.945. The molecule has 1 N–H and O–H groups in total. The molecule has 0 fully saturated rings. The normalized spacial score (nSPS) is 11.5. The maximum atomic E-state index is 12.7. The number of aromatic nitrogens is 2. The van der Waals surface area contributed by atoms with E-state index in [1.54, 1.807) is 12.1 Å². The molecule has 0 saturated carbocycles. The zero-order valence-corrected chi connectivity index (χ0v) is 11.5. The number of aryl methyl sites for hydroxylation is 2. The van der Waals surface area contributed by atoms with Gasteiger partial charge in [0.05, 0.1) is 0 Å². The van der Waals surface area contributed by atoms with Crippen molar-refractivity contribution in [2.24, 2.45) is 7.05 Å². The number of halogens is 3. The smallest absolute Gasteiger partial charge is 0.320 e. The molecule has 112 valence electrons. The molecule has 7 heteroatoms. The van der Waals surface area contributed by atoms with Crippen LogP contribution in [0.15, 0.2) is 30.3 Å². The van der Waals surface area contributed by atoms with Gasteiger partial charge >= 0.3 is 6.18 Å². The SMILES string of the molecule is CCc1ccccc1NC(=O)c1cc(C(F)(F)F)n(C)n1. The zero-order valence-electron chi connectivity index (χ0n) is 11.5. The number of anilines is 1. The maximum Gasteiger partial charge on any atom is 0.433 e. The van der Waals surface area contributed by atoms with Gasteiger partial charge in [-0.05, 0) is 18.1 Å². The Balaban J connectivity index is 2.25. The highest BCUT2D eigenvalue weighted by atomic mass is 19.4. The number of amides is 1. The van der Waals surface area contributed by atoms with Gasteiger partial charge in [-0.25, -0.2) is 0 Å². The fourth-order valence-electron chi connectivity index (χ4n) is 1.98. The third-order valence-corrected chi connectivity index (χ3v) is 3.05. The predicted octanol–water partition coefficient (Wildman–Crippen LogP) is 3.25. The topological polar surface area (TPSA) is 46.9 Å². The number of nitrogens with zero attached hydrogens (tertiary/aromatic N) is 2. The Bertz CT molecular complexity index is 662. The number of benzene rings is 1. The van der Waals surface area contributed by atoms with Crippen molar-refractivity contribution in [3.63, 3.8) is 0 Å². The summed E-state index contributed by atoms with van der Waals surface area (Å²) in [5.41, 5.74) is 0.245. The Kier molecular flexibility index (Phi) is 4.02. The Morgan fingerprint density at radius 1 is 1.33 bits per heavy atom. The molecule has 0 aliphatic heterocycles. The maximum absolute atomic E-state index is 12.7. The summed E-state index contributed by atoms with van der Waals surface area (Å²) in [5.74, 6) is -0.665. The van der Waals surface area contributed by atoms with Gasteiger partial charge in [0.1, 0.15) is 5.69 Å². The molecular formula is C14H14F3N3O. The van der Waals surface area contributed by atoms with E-state index < -0.39 is 17.8 Å². The lowest BCUT2D eigenvalue weighted by Crippen LogP contribution is -2.14. The van der Waals surface area contributed by atoms with Crippen molar-refractivity contribution in [2.45, 2.75) is 19.5 Å². The molecule has 0 aliphatic rings. The van der Waals surface area contributed by atoms with Gasteiger partial charge in [-0.2, -0.15) is 18.3 Å². The molecule has 1 amide bonds. The van der Waals surface area contributed by atoms with Crippen molar-refractivity contribution in [1.82, 2.24) is 9.78 Å². The molecule has 0 saturated heterocycles. The van der Waals surface area contributed by atoms with Gasteiger partial charge in [0.2, 0.25) is 0 Å². The van der Waals surface area contributed by atoms with Gasteiger partial charge in [0, 0.05) is 18.8 Å². The van der Waals surface area contributed by atoms with Gasteiger partial charge in [0.25, 0.3) is 5.91 Å².